The van der Waals surface area contributed by atoms with Crippen LogP contribution in [-0.4, -0.2) is 61.1 Å². The van der Waals surface area contributed by atoms with E-state index in [2.05, 4.69) is 27.0 Å². The molecule has 0 fully saturated rings. The molecular formula is C31H33N3O6. The number of benzene rings is 3. The smallest absolute Gasteiger partial charge is 0.333 e. The van der Waals surface area contributed by atoms with E-state index in [9.17, 15) is 9.90 Å². The van der Waals surface area contributed by atoms with Crippen molar-refractivity contribution in [3.8, 4) is 5.75 Å². The van der Waals surface area contributed by atoms with Crippen molar-refractivity contribution < 1.29 is 29.0 Å². The Labute approximate surface area is 233 Å². The molecule has 40 heavy (non-hydrogen) atoms. The van der Waals surface area contributed by atoms with Crippen LogP contribution >= 0.6 is 0 Å². The highest BCUT2D eigenvalue weighted by Gasteiger charge is 2.18. The van der Waals surface area contributed by atoms with Crippen LogP contribution in [0, 0.1) is 0 Å². The Morgan fingerprint density at radius 3 is 2.45 bits per heavy atom. The average Bonchev–Trinajstić information content (AvgIpc) is 3.32. The summed E-state index contributed by atoms with van der Waals surface area (Å²) < 4.78 is 13.4. The average molecular weight is 544 g/mol. The maximum atomic E-state index is 11.4. The van der Waals surface area contributed by atoms with Crippen LogP contribution in [0.1, 0.15) is 29.2 Å². The molecule has 9 nitrogen and oxygen atoms in total. The third-order valence-electron chi connectivity index (χ3n) is 6.30. The van der Waals surface area contributed by atoms with Crippen molar-refractivity contribution in [1.29, 1.82) is 0 Å². The zero-order valence-corrected chi connectivity index (χ0v) is 22.8. The summed E-state index contributed by atoms with van der Waals surface area (Å²) in [5.74, 6) is -0.263. The second-order valence-electron chi connectivity index (χ2n) is 8.89. The molecule has 4 aromatic rings. The lowest BCUT2D eigenvalue weighted by molar-refractivity contribution is -0.149. The van der Waals surface area contributed by atoms with Crippen LogP contribution in [0.5, 0.6) is 5.75 Å². The second-order valence-corrected chi connectivity index (χ2v) is 8.89. The Hall–Kier alpha value is -4.63. The molecule has 0 bridgehead atoms. The Morgan fingerprint density at radius 2 is 1.77 bits per heavy atom. The number of fused-ring (bicyclic) bond motifs is 1. The fourth-order valence-electron chi connectivity index (χ4n) is 4.45. The SMILES string of the molecule is CCOC(Cc1ccc(OCCn2cc(/C=N/OC)c3cc(/C(=N/OC)c4ccccc4)ccc32)cc1)C(=O)O. The van der Waals surface area contributed by atoms with Crippen molar-refractivity contribution in [2.75, 3.05) is 27.4 Å². The second kappa shape index (κ2) is 14.0. The first-order valence-electron chi connectivity index (χ1n) is 13.0. The zero-order valence-electron chi connectivity index (χ0n) is 22.8. The number of ether oxygens (including phenoxy) is 2. The third-order valence-corrected chi connectivity index (χ3v) is 6.30. The monoisotopic (exact) mass is 543 g/mol. The summed E-state index contributed by atoms with van der Waals surface area (Å²) in [5.41, 5.74) is 5.38. The summed E-state index contributed by atoms with van der Waals surface area (Å²) in [6.45, 7) is 3.16. The summed E-state index contributed by atoms with van der Waals surface area (Å²) in [6, 6.07) is 23.4. The molecule has 208 valence electrons. The fourth-order valence-corrected chi connectivity index (χ4v) is 4.45. The molecule has 1 unspecified atom stereocenters. The number of aliphatic carboxylic acids is 1. The molecule has 0 saturated heterocycles. The molecule has 4 rings (SSSR count). The normalized spacial score (nSPS) is 12.5. The van der Waals surface area contributed by atoms with E-state index in [0.29, 0.717) is 31.9 Å². The van der Waals surface area contributed by atoms with Gasteiger partial charge in [-0.2, -0.15) is 0 Å². The van der Waals surface area contributed by atoms with Crippen molar-refractivity contribution in [2.24, 2.45) is 10.3 Å². The summed E-state index contributed by atoms with van der Waals surface area (Å²) in [5, 5.41) is 18.6. The minimum absolute atomic E-state index is 0.299. The van der Waals surface area contributed by atoms with Gasteiger partial charge >= 0.3 is 5.97 Å². The van der Waals surface area contributed by atoms with Gasteiger partial charge in [0.25, 0.3) is 0 Å². The van der Waals surface area contributed by atoms with E-state index in [4.69, 9.17) is 19.1 Å². The Kier molecular flexibility index (Phi) is 9.90. The highest BCUT2D eigenvalue weighted by molar-refractivity contribution is 6.14. The van der Waals surface area contributed by atoms with E-state index in [1.54, 1.807) is 13.1 Å². The topological polar surface area (TPSA) is 104 Å². The molecule has 0 aliphatic rings. The van der Waals surface area contributed by atoms with Gasteiger partial charge in [-0.3, -0.25) is 0 Å². The number of aromatic nitrogens is 1. The van der Waals surface area contributed by atoms with Gasteiger partial charge in [-0.15, -0.1) is 0 Å². The molecular weight excluding hydrogens is 510 g/mol. The predicted molar refractivity (Wildman–Crippen MR) is 154 cm³/mol. The summed E-state index contributed by atoms with van der Waals surface area (Å²) in [4.78, 5) is 21.5. The molecule has 1 heterocycles. The van der Waals surface area contributed by atoms with Gasteiger partial charge in [-0.1, -0.05) is 58.8 Å². The van der Waals surface area contributed by atoms with Gasteiger partial charge < -0.3 is 28.8 Å². The van der Waals surface area contributed by atoms with Crippen molar-refractivity contribution in [3.05, 3.63) is 101 Å². The Morgan fingerprint density at radius 1 is 1.00 bits per heavy atom. The first-order chi connectivity index (χ1) is 19.5. The van der Waals surface area contributed by atoms with Gasteiger partial charge in [0.05, 0.1) is 12.8 Å². The summed E-state index contributed by atoms with van der Waals surface area (Å²) in [6.07, 6.45) is 3.14. The largest absolute Gasteiger partial charge is 0.492 e. The highest BCUT2D eigenvalue weighted by Crippen LogP contribution is 2.24. The van der Waals surface area contributed by atoms with Gasteiger partial charge in [0, 0.05) is 46.8 Å². The van der Waals surface area contributed by atoms with E-state index < -0.39 is 12.1 Å². The van der Waals surface area contributed by atoms with E-state index >= 15 is 0 Å². The molecule has 1 atom stereocenters. The van der Waals surface area contributed by atoms with E-state index in [-0.39, 0.29) is 0 Å². The van der Waals surface area contributed by atoms with Crippen LogP contribution in [0.25, 0.3) is 10.9 Å². The number of carboxylic acid groups (broad SMARTS) is 1. The molecule has 9 heteroatoms. The molecule has 0 aliphatic heterocycles. The van der Waals surface area contributed by atoms with Gasteiger partial charge in [-0.25, -0.2) is 4.79 Å². The predicted octanol–water partition coefficient (Wildman–Crippen LogP) is 5.13. The van der Waals surface area contributed by atoms with Gasteiger partial charge in [0.15, 0.2) is 6.10 Å². The van der Waals surface area contributed by atoms with Crippen molar-refractivity contribution in [2.45, 2.75) is 26.0 Å². The van der Waals surface area contributed by atoms with Crippen LogP contribution in [0.4, 0.5) is 0 Å². The van der Waals surface area contributed by atoms with Gasteiger partial charge in [-0.05, 0) is 36.8 Å². The van der Waals surface area contributed by atoms with Crippen molar-refractivity contribution in [1.82, 2.24) is 4.57 Å². The zero-order chi connectivity index (χ0) is 28.3. The number of hydrogen-bond donors (Lipinski definition) is 1. The summed E-state index contributed by atoms with van der Waals surface area (Å²) >= 11 is 0. The van der Waals surface area contributed by atoms with Crippen molar-refractivity contribution in [3.63, 3.8) is 0 Å². The minimum atomic E-state index is -0.967. The number of rotatable bonds is 14. The molecule has 3 aromatic carbocycles. The number of hydrogen-bond acceptors (Lipinski definition) is 7. The molecule has 0 radical (unpaired) electrons. The lowest BCUT2D eigenvalue weighted by Crippen LogP contribution is -2.26. The number of carbonyl (C=O) groups is 1. The van der Waals surface area contributed by atoms with E-state index in [1.165, 1.54) is 14.2 Å². The van der Waals surface area contributed by atoms with Crippen LogP contribution in [0.15, 0.2) is 89.3 Å². The Balaban J connectivity index is 1.51. The van der Waals surface area contributed by atoms with Gasteiger partial charge in [0.1, 0.15) is 32.3 Å². The number of carboxylic acids is 1. The lowest BCUT2D eigenvalue weighted by atomic mass is 10.0. The molecule has 0 saturated carbocycles. The standard InChI is InChI=1S/C31H33N3O6/c1-4-39-29(31(35)36)18-22-10-13-26(14-11-22)40-17-16-34-21-25(20-32-37-2)27-19-24(12-15-28(27)34)30(33-38-3)23-8-6-5-7-9-23/h5-15,19-21,29H,4,16-18H2,1-3H3,(H,35,36)/b32-20+,33-30+. The van der Waals surface area contributed by atoms with E-state index in [0.717, 1.165) is 38.9 Å². The maximum absolute atomic E-state index is 11.4. The Bertz CT molecular complexity index is 1460. The van der Waals surface area contributed by atoms with Crippen LogP contribution in [-0.2, 0) is 32.2 Å². The first kappa shape index (κ1) is 28.4. The first-order valence-corrected chi connectivity index (χ1v) is 13.0. The van der Waals surface area contributed by atoms with Crippen LogP contribution in [0.2, 0.25) is 0 Å². The highest BCUT2D eigenvalue weighted by atomic mass is 16.6. The molecule has 0 amide bonds. The molecule has 1 aromatic heterocycles. The quantitative estimate of drug-likeness (QED) is 0.175. The van der Waals surface area contributed by atoms with Gasteiger partial charge in [0.2, 0.25) is 0 Å². The van der Waals surface area contributed by atoms with Crippen molar-refractivity contribution >= 4 is 28.8 Å². The third kappa shape index (κ3) is 7.06. The minimum Gasteiger partial charge on any atom is -0.492 e. The number of oxime groups is 2. The summed E-state index contributed by atoms with van der Waals surface area (Å²) in [7, 11) is 3.05. The molecule has 0 aliphatic carbocycles. The fraction of sp³-hybridized carbons (Fsp3) is 0.258. The maximum Gasteiger partial charge on any atom is 0.333 e. The van der Waals surface area contributed by atoms with Crippen LogP contribution in [0.3, 0.4) is 0 Å². The molecule has 0 spiro atoms. The lowest BCUT2D eigenvalue weighted by Gasteiger charge is -2.13. The molecule has 1 N–H and O–H groups in total. The van der Waals surface area contributed by atoms with Crippen LogP contribution < -0.4 is 4.74 Å². The number of nitrogens with zero attached hydrogens (tertiary/aromatic N) is 3. The van der Waals surface area contributed by atoms with E-state index in [1.807, 2.05) is 66.9 Å².